The Morgan fingerprint density at radius 3 is 2.72 bits per heavy atom. The lowest BCUT2D eigenvalue weighted by atomic mass is 10.2. The number of carboxylic acid groups (broad SMARTS) is 1. The van der Waals surface area contributed by atoms with Gasteiger partial charge in [0.25, 0.3) is 0 Å². The van der Waals surface area contributed by atoms with Crippen LogP contribution in [-0.4, -0.2) is 20.9 Å². The standard InChI is InChI=1S/C14H16N2O2/c1-10-5-3-4-6-13(10)16-11(2)9-12(15-16)7-8-14(17)18/h3-6,9H,7-8H2,1-2H3,(H,17,18). The zero-order chi connectivity index (χ0) is 13.1. The number of hydrogen-bond acceptors (Lipinski definition) is 2. The van der Waals surface area contributed by atoms with E-state index in [9.17, 15) is 4.79 Å². The number of carboxylic acids is 1. The Morgan fingerprint density at radius 2 is 2.06 bits per heavy atom. The van der Waals surface area contributed by atoms with Crippen LogP contribution in [0.15, 0.2) is 30.3 Å². The van der Waals surface area contributed by atoms with Gasteiger partial charge in [-0.05, 0) is 31.5 Å². The zero-order valence-corrected chi connectivity index (χ0v) is 10.6. The Bertz CT molecular complexity index is 573. The molecule has 18 heavy (non-hydrogen) atoms. The molecule has 0 spiro atoms. The monoisotopic (exact) mass is 244 g/mol. The van der Waals surface area contributed by atoms with E-state index in [4.69, 9.17) is 5.11 Å². The van der Waals surface area contributed by atoms with Crippen LogP contribution in [0.3, 0.4) is 0 Å². The fourth-order valence-corrected chi connectivity index (χ4v) is 1.94. The SMILES string of the molecule is Cc1ccccc1-n1nc(CCC(=O)O)cc1C. The summed E-state index contributed by atoms with van der Waals surface area (Å²) in [6.07, 6.45) is 0.583. The van der Waals surface area contributed by atoms with Crippen LogP contribution in [0, 0.1) is 13.8 Å². The van der Waals surface area contributed by atoms with Crippen molar-refractivity contribution in [1.29, 1.82) is 0 Å². The number of benzene rings is 1. The molecule has 4 nitrogen and oxygen atoms in total. The first kappa shape index (κ1) is 12.4. The molecule has 4 heteroatoms. The molecule has 1 heterocycles. The van der Waals surface area contributed by atoms with Crippen LogP contribution in [0.25, 0.3) is 5.69 Å². The van der Waals surface area contributed by atoms with Crippen molar-refractivity contribution in [2.24, 2.45) is 0 Å². The highest BCUT2D eigenvalue weighted by Crippen LogP contribution is 2.16. The molecule has 2 rings (SSSR count). The van der Waals surface area contributed by atoms with Gasteiger partial charge in [0.2, 0.25) is 0 Å². The minimum absolute atomic E-state index is 0.115. The molecule has 1 aromatic heterocycles. The maximum Gasteiger partial charge on any atom is 0.303 e. The molecule has 0 saturated heterocycles. The van der Waals surface area contributed by atoms with Gasteiger partial charge in [-0.15, -0.1) is 0 Å². The number of aromatic nitrogens is 2. The van der Waals surface area contributed by atoms with Gasteiger partial charge in [0.15, 0.2) is 0 Å². The van der Waals surface area contributed by atoms with Crippen LogP contribution in [0.2, 0.25) is 0 Å². The average molecular weight is 244 g/mol. The average Bonchev–Trinajstić information content (AvgIpc) is 2.69. The summed E-state index contributed by atoms with van der Waals surface area (Å²) in [7, 11) is 0. The molecule has 0 amide bonds. The van der Waals surface area contributed by atoms with Crippen LogP contribution in [-0.2, 0) is 11.2 Å². The minimum atomic E-state index is -0.793. The molecular weight excluding hydrogens is 228 g/mol. The maximum atomic E-state index is 10.6. The van der Waals surface area contributed by atoms with Gasteiger partial charge in [-0.1, -0.05) is 18.2 Å². The largest absolute Gasteiger partial charge is 0.481 e. The van der Waals surface area contributed by atoms with E-state index in [0.717, 1.165) is 22.6 Å². The summed E-state index contributed by atoms with van der Waals surface area (Å²) >= 11 is 0. The Hall–Kier alpha value is -2.10. The van der Waals surface area contributed by atoms with E-state index in [2.05, 4.69) is 5.10 Å². The highest BCUT2D eigenvalue weighted by Gasteiger charge is 2.09. The minimum Gasteiger partial charge on any atom is -0.481 e. The van der Waals surface area contributed by atoms with E-state index < -0.39 is 5.97 Å². The van der Waals surface area contributed by atoms with Gasteiger partial charge < -0.3 is 5.11 Å². The molecule has 0 saturated carbocycles. The van der Waals surface area contributed by atoms with Gasteiger partial charge in [-0.3, -0.25) is 4.79 Å². The molecule has 0 aliphatic rings. The molecule has 0 aliphatic heterocycles. The van der Waals surface area contributed by atoms with E-state index in [1.165, 1.54) is 0 Å². The highest BCUT2D eigenvalue weighted by atomic mass is 16.4. The first-order valence-electron chi connectivity index (χ1n) is 5.91. The molecule has 1 aromatic carbocycles. The number of hydrogen-bond donors (Lipinski definition) is 1. The van der Waals surface area contributed by atoms with E-state index in [1.54, 1.807) is 0 Å². The second kappa shape index (κ2) is 5.04. The molecule has 2 aromatic rings. The molecule has 0 radical (unpaired) electrons. The number of aliphatic carboxylic acids is 1. The number of nitrogens with zero attached hydrogens (tertiary/aromatic N) is 2. The third-order valence-electron chi connectivity index (χ3n) is 2.88. The first-order valence-corrected chi connectivity index (χ1v) is 5.91. The van der Waals surface area contributed by atoms with Crippen molar-refractivity contribution >= 4 is 5.97 Å². The Balaban J connectivity index is 2.30. The zero-order valence-electron chi connectivity index (χ0n) is 10.6. The van der Waals surface area contributed by atoms with E-state index in [1.807, 2.05) is 48.9 Å². The van der Waals surface area contributed by atoms with Gasteiger partial charge in [0, 0.05) is 12.1 Å². The van der Waals surface area contributed by atoms with Crippen LogP contribution in [0.1, 0.15) is 23.4 Å². The van der Waals surface area contributed by atoms with Crippen LogP contribution >= 0.6 is 0 Å². The van der Waals surface area contributed by atoms with Crippen molar-refractivity contribution in [2.45, 2.75) is 26.7 Å². The fourth-order valence-electron chi connectivity index (χ4n) is 1.94. The summed E-state index contributed by atoms with van der Waals surface area (Å²) in [6.45, 7) is 4.01. The predicted molar refractivity (Wildman–Crippen MR) is 69.0 cm³/mol. The lowest BCUT2D eigenvalue weighted by molar-refractivity contribution is -0.136. The lowest BCUT2D eigenvalue weighted by Crippen LogP contribution is -2.02. The Morgan fingerprint density at radius 1 is 1.33 bits per heavy atom. The molecule has 94 valence electrons. The van der Waals surface area contributed by atoms with Gasteiger partial charge in [0.05, 0.1) is 17.8 Å². The van der Waals surface area contributed by atoms with Gasteiger partial charge in [-0.2, -0.15) is 5.10 Å². The number of para-hydroxylation sites is 1. The Labute approximate surface area is 106 Å². The van der Waals surface area contributed by atoms with Gasteiger partial charge in [-0.25, -0.2) is 4.68 Å². The van der Waals surface area contributed by atoms with Crippen molar-refractivity contribution in [3.05, 3.63) is 47.3 Å². The second-order valence-corrected chi connectivity index (χ2v) is 4.37. The topological polar surface area (TPSA) is 55.1 Å². The summed E-state index contributed by atoms with van der Waals surface area (Å²) in [4.78, 5) is 10.6. The summed E-state index contributed by atoms with van der Waals surface area (Å²) in [5.74, 6) is -0.793. The number of rotatable bonds is 4. The molecule has 0 unspecified atom stereocenters. The second-order valence-electron chi connectivity index (χ2n) is 4.37. The normalized spacial score (nSPS) is 10.6. The molecule has 0 bridgehead atoms. The number of aryl methyl sites for hydroxylation is 3. The fraction of sp³-hybridized carbons (Fsp3) is 0.286. The van der Waals surface area contributed by atoms with Crippen molar-refractivity contribution in [3.63, 3.8) is 0 Å². The highest BCUT2D eigenvalue weighted by molar-refractivity contribution is 5.66. The third-order valence-corrected chi connectivity index (χ3v) is 2.88. The van der Waals surface area contributed by atoms with Gasteiger partial charge >= 0.3 is 5.97 Å². The summed E-state index contributed by atoms with van der Waals surface area (Å²) in [6, 6.07) is 9.95. The summed E-state index contributed by atoms with van der Waals surface area (Å²) in [5.41, 5.74) is 4.02. The van der Waals surface area contributed by atoms with E-state index in [-0.39, 0.29) is 6.42 Å². The lowest BCUT2D eigenvalue weighted by Gasteiger charge is -2.07. The van der Waals surface area contributed by atoms with Crippen molar-refractivity contribution < 1.29 is 9.90 Å². The third kappa shape index (κ3) is 2.59. The molecule has 1 N–H and O–H groups in total. The van der Waals surface area contributed by atoms with Gasteiger partial charge in [0.1, 0.15) is 0 Å². The smallest absolute Gasteiger partial charge is 0.303 e. The summed E-state index contributed by atoms with van der Waals surface area (Å²) < 4.78 is 1.87. The molecular formula is C14H16N2O2. The maximum absolute atomic E-state index is 10.6. The van der Waals surface area contributed by atoms with Crippen LogP contribution in [0.4, 0.5) is 0 Å². The van der Waals surface area contributed by atoms with Crippen molar-refractivity contribution in [3.8, 4) is 5.69 Å². The predicted octanol–water partition coefficient (Wildman–Crippen LogP) is 2.51. The molecule has 0 atom stereocenters. The van der Waals surface area contributed by atoms with Crippen LogP contribution < -0.4 is 0 Å². The quantitative estimate of drug-likeness (QED) is 0.899. The van der Waals surface area contributed by atoms with Crippen LogP contribution in [0.5, 0.6) is 0 Å². The number of carbonyl (C=O) groups is 1. The summed E-state index contributed by atoms with van der Waals surface area (Å²) in [5, 5.41) is 13.1. The molecule has 0 aliphatic carbocycles. The van der Waals surface area contributed by atoms with E-state index in [0.29, 0.717) is 6.42 Å². The first-order chi connectivity index (χ1) is 8.58. The van der Waals surface area contributed by atoms with Crippen molar-refractivity contribution in [2.75, 3.05) is 0 Å². The Kier molecular flexibility index (Phi) is 3.46. The molecule has 0 fully saturated rings. The van der Waals surface area contributed by atoms with E-state index >= 15 is 0 Å². The van der Waals surface area contributed by atoms with Crippen molar-refractivity contribution in [1.82, 2.24) is 9.78 Å².